The lowest BCUT2D eigenvalue weighted by Gasteiger charge is -2.30. The topological polar surface area (TPSA) is 49.4 Å². The summed E-state index contributed by atoms with van der Waals surface area (Å²) in [5, 5.41) is 0. The van der Waals surface area contributed by atoms with E-state index in [9.17, 15) is 8.42 Å². The predicted octanol–water partition coefficient (Wildman–Crippen LogP) is 1.96. The largest absolute Gasteiger partial charge is 0.279 e. The molecule has 0 bridgehead atoms. The van der Waals surface area contributed by atoms with E-state index in [0.717, 1.165) is 25.7 Å². The van der Waals surface area contributed by atoms with Crippen LogP contribution >= 0.6 is 11.6 Å². The molecule has 0 saturated carbocycles. The fraction of sp³-hybridized carbons (Fsp3) is 1.00. The summed E-state index contributed by atoms with van der Waals surface area (Å²) >= 11 is 5.59. The van der Waals surface area contributed by atoms with E-state index in [-0.39, 0.29) is 6.04 Å². The summed E-state index contributed by atoms with van der Waals surface area (Å²) in [5.41, 5.74) is 0. The lowest BCUT2D eigenvalue weighted by Crippen LogP contribution is -2.47. The van der Waals surface area contributed by atoms with Gasteiger partial charge in [0.1, 0.15) is 0 Å². The number of halogens is 1. The number of hydrogen-bond donors (Lipinski definition) is 1. The van der Waals surface area contributed by atoms with E-state index >= 15 is 0 Å². The highest BCUT2D eigenvalue weighted by atomic mass is 35.5. The summed E-state index contributed by atoms with van der Waals surface area (Å²) in [5.74, 6) is 1.21. The van der Waals surface area contributed by atoms with Crippen molar-refractivity contribution in [3.63, 3.8) is 0 Å². The number of nitrogens with one attached hydrogen (secondary N) is 1. The first-order chi connectivity index (χ1) is 7.95. The van der Waals surface area contributed by atoms with E-state index in [0.29, 0.717) is 24.9 Å². The summed E-state index contributed by atoms with van der Waals surface area (Å²) in [6.45, 7) is 5.33. The Kier molecular flexibility index (Phi) is 6.20. The monoisotopic (exact) mass is 282 g/mol. The van der Waals surface area contributed by atoms with Crippen molar-refractivity contribution >= 4 is 21.8 Å². The van der Waals surface area contributed by atoms with Gasteiger partial charge in [0.25, 0.3) is 10.2 Å². The first-order valence-electron chi connectivity index (χ1n) is 6.29. The average molecular weight is 283 g/mol. The highest BCUT2D eigenvalue weighted by Crippen LogP contribution is 2.18. The van der Waals surface area contributed by atoms with E-state index < -0.39 is 10.2 Å². The standard InChI is InChI=1S/C11H23ClN2O2S/c1-10-5-8-14(9-6-10)17(15,16)13-11(2)4-3-7-12/h10-11,13H,3-9H2,1-2H3. The molecule has 1 N–H and O–H groups in total. The second kappa shape index (κ2) is 6.92. The van der Waals surface area contributed by atoms with E-state index in [4.69, 9.17) is 11.6 Å². The van der Waals surface area contributed by atoms with Crippen molar-refractivity contribution in [1.29, 1.82) is 0 Å². The smallest absolute Gasteiger partial charge is 0.199 e. The van der Waals surface area contributed by atoms with Crippen LogP contribution in [0.3, 0.4) is 0 Å². The number of hydrogen-bond acceptors (Lipinski definition) is 2. The van der Waals surface area contributed by atoms with Crippen LogP contribution in [0.1, 0.15) is 39.5 Å². The minimum Gasteiger partial charge on any atom is -0.199 e. The van der Waals surface area contributed by atoms with Crippen molar-refractivity contribution in [1.82, 2.24) is 9.03 Å². The molecular formula is C11H23ClN2O2S. The number of rotatable bonds is 6. The predicted molar refractivity (Wildman–Crippen MR) is 71.4 cm³/mol. The zero-order chi connectivity index (χ0) is 12.9. The molecule has 4 nitrogen and oxygen atoms in total. The summed E-state index contributed by atoms with van der Waals surface area (Å²) in [4.78, 5) is 0. The molecule has 0 spiro atoms. The molecular weight excluding hydrogens is 260 g/mol. The Morgan fingerprint density at radius 2 is 2.00 bits per heavy atom. The molecule has 1 atom stereocenters. The van der Waals surface area contributed by atoms with E-state index in [1.807, 2.05) is 6.92 Å². The molecule has 17 heavy (non-hydrogen) atoms. The number of piperidine rings is 1. The van der Waals surface area contributed by atoms with Crippen LogP contribution < -0.4 is 4.72 Å². The van der Waals surface area contributed by atoms with E-state index in [1.54, 1.807) is 4.31 Å². The van der Waals surface area contributed by atoms with Crippen LogP contribution in [0, 0.1) is 5.92 Å². The van der Waals surface area contributed by atoms with Gasteiger partial charge in [-0.2, -0.15) is 17.4 Å². The summed E-state index contributed by atoms with van der Waals surface area (Å²) in [6.07, 6.45) is 3.53. The summed E-state index contributed by atoms with van der Waals surface area (Å²) in [7, 11) is -3.30. The van der Waals surface area contributed by atoms with Gasteiger partial charge in [-0.05, 0) is 38.5 Å². The van der Waals surface area contributed by atoms with Crippen LogP contribution in [0.25, 0.3) is 0 Å². The molecule has 1 rings (SSSR count). The van der Waals surface area contributed by atoms with Gasteiger partial charge in [-0.25, -0.2) is 0 Å². The minimum absolute atomic E-state index is 0.0434. The van der Waals surface area contributed by atoms with E-state index in [1.165, 1.54) is 0 Å². The van der Waals surface area contributed by atoms with Gasteiger partial charge < -0.3 is 0 Å². The normalized spacial score (nSPS) is 21.6. The van der Waals surface area contributed by atoms with Crippen molar-refractivity contribution in [2.24, 2.45) is 5.92 Å². The summed E-state index contributed by atoms with van der Waals surface area (Å²) < 4.78 is 28.4. The fourth-order valence-electron chi connectivity index (χ4n) is 2.00. The molecule has 0 aromatic carbocycles. The van der Waals surface area contributed by atoms with Gasteiger partial charge in [-0.15, -0.1) is 11.6 Å². The Hall–Kier alpha value is 0.160. The minimum atomic E-state index is -3.30. The molecule has 0 aromatic rings. The van der Waals surface area contributed by atoms with Crippen molar-refractivity contribution < 1.29 is 8.42 Å². The molecule has 1 saturated heterocycles. The van der Waals surface area contributed by atoms with Gasteiger partial charge in [0.05, 0.1) is 0 Å². The molecule has 0 radical (unpaired) electrons. The maximum atomic E-state index is 12.0. The maximum Gasteiger partial charge on any atom is 0.279 e. The first-order valence-corrected chi connectivity index (χ1v) is 8.26. The lowest BCUT2D eigenvalue weighted by atomic mass is 10.0. The van der Waals surface area contributed by atoms with Crippen LogP contribution in [0.2, 0.25) is 0 Å². The van der Waals surface area contributed by atoms with Crippen LogP contribution in [0.15, 0.2) is 0 Å². The van der Waals surface area contributed by atoms with Crippen LogP contribution in [-0.4, -0.2) is 37.7 Å². The van der Waals surface area contributed by atoms with Crippen molar-refractivity contribution in [3.05, 3.63) is 0 Å². The molecule has 1 aliphatic rings. The Balaban J connectivity index is 2.45. The van der Waals surface area contributed by atoms with Gasteiger partial charge >= 0.3 is 0 Å². The molecule has 0 amide bonds. The molecule has 1 unspecified atom stereocenters. The third-order valence-electron chi connectivity index (χ3n) is 3.20. The first kappa shape index (κ1) is 15.2. The molecule has 6 heteroatoms. The highest BCUT2D eigenvalue weighted by molar-refractivity contribution is 7.87. The van der Waals surface area contributed by atoms with Crippen molar-refractivity contribution in [2.45, 2.75) is 45.6 Å². The second-order valence-electron chi connectivity index (χ2n) is 4.94. The molecule has 0 aliphatic carbocycles. The fourth-order valence-corrected chi connectivity index (χ4v) is 3.62. The van der Waals surface area contributed by atoms with Gasteiger partial charge in [0.2, 0.25) is 0 Å². The Bertz CT molecular complexity index is 313. The third-order valence-corrected chi connectivity index (χ3v) is 5.22. The SMILES string of the molecule is CC1CCN(S(=O)(=O)NC(C)CCCCl)CC1. The van der Waals surface area contributed by atoms with Crippen LogP contribution in [-0.2, 0) is 10.2 Å². The van der Waals surface area contributed by atoms with Gasteiger partial charge in [-0.3, -0.25) is 0 Å². The quantitative estimate of drug-likeness (QED) is 0.757. The van der Waals surface area contributed by atoms with Crippen LogP contribution in [0.4, 0.5) is 0 Å². The molecule has 1 fully saturated rings. The van der Waals surface area contributed by atoms with Crippen molar-refractivity contribution in [2.75, 3.05) is 19.0 Å². The average Bonchev–Trinajstić information content (AvgIpc) is 2.26. The van der Waals surface area contributed by atoms with Gasteiger partial charge in [0, 0.05) is 25.0 Å². The van der Waals surface area contributed by atoms with Gasteiger partial charge in [-0.1, -0.05) is 6.92 Å². The number of nitrogens with zero attached hydrogens (tertiary/aromatic N) is 1. The Labute approximate surface area is 110 Å². The molecule has 1 aliphatic heterocycles. The molecule has 0 aromatic heterocycles. The van der Waals surface area contributed by atoms with E-state index in [2.05, 4.69) is 11.6 Å². The van der Waals surface area contributed by atoms with Crippen molar-refractivity contribution in [3.8, 4) is 0 Å². The molecule has 1 heterocycles. The number of alkyl halides is 1. The van der Waals surface area contributed by atoms with Gasteiger partial charge in [0.15, 0.2) is 0 Å². The zero-order valence-corrected chi connectivity index (χ0v) is 12.2. The third kappa shape index (κ3) is 5.12. The van der Waals surface area contributed by atoms with Crippen LogP contribution in [0.5, 0.6) is 0 Å². The zero-order valence-electron chi connectivity index (χ0n) is 10.7. The Morgan fingerprint density at radius 1 is 1.41 bits per heavy atom. The lowest BCUT2D eigenvalue weighted by molar-refractivity contribution is 0.283. The Morgan fingerprint density at radius 3 is 2.53 bits per heavy atom. The second-order valence-corrected chi connectivity index (χ2v) is 7.02. The molecule has 102 valence electrons. The highest BCUT2D eigenvalue weighted by Gasteiger charge is 2.27. The maximum absolute atomic E-state index is 12.0. The summed E-state index contributed by atoms with van der Waals surface area (Å²) in [6, 6.07) is -0.0434.